The number of nitrogens with one attached hydrogen (secondary N) is 2. The second-order valence-corrected chi connectivity index (χ2v) is 5.10. The third-order valence-corrected chi connectivity index (χ3v) is 1.95. The molecule has 0 aliphatic carbocycles. The van der Waals surface area contributed by atoms with Gasteiger partial charge in [0.25, 0.3) is 0 Å². The number of amides is 2. The molecule has 0 spiro atoms. The topological polar surface area (TPSA) is 54.0 Å². The van der Waals surface area contributed by atoms with Crippen LogP contribution >= 0.6 is 15.9 Å². The zero-order chi connectivity index (χ0) is 11.5. The largest absolute Gasteiger partial charge is 0.333 e. The maximum Gasteiger partial charge on any atom is 0.320 e. The molecule has 0 atom stereocenters. The van der Waals surface area contributed by atoms with Gasteiger partial charge in [0, 0.05) is 16.2 Å². The molecule has 1 rings (SSSR count). The fraction of sp³-hybridized carbons (Fsp3) is 0.400. The number of carbonyl (C=O) groups excluding carboxylic acids is 1. The molecule has 0 aromatic carbocycles. The van der Waals surface area contributed by atoms with Crippen molar-refractivity contribution in [3.8, 4) is 0 Å². The first-order chi connectivity index (χ1) is 6.87. The van der Waals surface area contributed by atoms with Crippen molar-refractivity contribution in [2.45, 2.75) is 26.3 Å². The summed E-state index contributed by atoms with van der Waals surface area (Å²) in [6.45, 7) is 5.75. The Morgan fingerprint density at radius 1 is 1.47 bits per heavy atom. The highest BCUT2D eigenvalue weighted by atomic mass is 79.9. The van der Waals surface area contributed by atoms with Crippen LogP contribution in [0.5, 0.6) is 0 Å². The van der Waals surface area contributed by atoms with Crippen molar-refractivity contribution in [3.63, 3.8) is 0 Å². The molecular weight excluding hydrogens is 258 g/mol. The van der Waals surface area contributed by atoms with Crippen molar-refractivity contribution >= 4 is 27.8 Å². The Kier molecular flexibility index (Phi) is 3.68. The molecule has 2 N–H and O–H groups in total. The lowest BCUT2D eigenvalue weighted by atomic mass is 10.1. The van der Waals surface area contributed by atoms with Crippen LogP contribution in [0.1, 0.15) is 20.8 Å². The normalized spacial score (nSPS) is 10.9. The Morgan fingerprint density at radius 3 is 2.67 bits per heavy atom. The predicted octanol–water partition coefficient (Wildman–Crippen LogP) is 2.76. The van der Waals surface area contributed by atoms with Gasteiger partial charge in [0.15, 0.2) is 0 Å². The van der Waals surface area contributed by atoms with Crippen molar-refractivity contribution in [3.05, 3.63) is 22.8 Å². The van der Waals surface area contributed by atoms with E-state index in [4.69, 9.17) is 0 Å². The summed E-state index contributed by atoms with van der Waals surface area (Å²) in [6, 6.07) is 3.28. The summed E-state index contributed by atoms with van der Waals surface area (Å²) < 4.78 is 0.878. The zero-order valence-electron chi connectivity index (χ0n) is 8.97. The minimum absolute atomic E-state index is 0.254. The Morgan fingerprint density at radius 2 is 2.13 bits per heavy atom. The van der Waals surface area contributed by atoms with Gasteiger partial charge in [-0.25, -0.2) is 9.78 Å². The lowest BCUT2D eigenvalue weighted by Crippen LogP contribution is -2.43. The molecule has 0 saturated heterocycles. The molecule has 0 aliphatic rings. The molecule has 1 aromatic rings. The Bertz CT molecular complexity index is 360. The maximum absolute atomic E-state index is 11.5. The van der Waals surface area contributed by atoms with Crippen molar-refractivity contribution in [2.24, 2.45) is 0 Å². The molecule has 4 nitrogen and oxygen atoms in total. The molecule has 1 aromatic heterocycles. The van der Waals surface area contributed by atoms with Gasteiger partial charge < -0.3 is 5.32 Å². The highest BCUT2D eigenvalue weighted by Crippen LogP contribution is 2.12. The highest BCUT2D eigenvalue weighted by Gasteiger charge is 2.13. The number of halogens is 1. The van der Waals surface area contributed by atoms with Gasteiger partial charge in [0.05, 0.1) is 0 Å². The minimum atomic E-state index is -0.256. The summed E-state index contributed by atoms with van der Waals surface area (Å²) in [5, 5.41) is 5.43. The number of nitrogens with zero attached hydrogens (tertiary/aromatic N) is 1. The highest BCUT2D eigenvalue weighted by molar-refractivity contribution is 9.10. The monoisotopic (exact) mass is 271 g/mol. The Hall–Kier alpha value is -1.10. The summed E-state index contributed by atoms with van der Waals surface area (Å²) in [5.41, 5.74) is -0.254. The van der Waals surface area contributed by atoms with Crippen LogP contribution in [0.2, 0.25) is 0 Å². The number of urea groups is 1. The van der Waals surface area contributed by atoms with E-state index < -0.39 is 0 Å². The molecule has 1 heterocycles. The first-order valence-electron chi connectivity index (χ1n) is 4.57. The Labute approximate surface area is 97.6 Å². The van der Waals surface area contributed by atoms with E-state index in [9.17, 15) is 4.79 Å². The van der Waals surface area contributed by atoms with Gasteiger partial charge in [-0.1, -0.05) is 15.9 Å². The average molecular weight is 272 g/mol. The lowest BCUT2D eigenvalue weighted by Gasteiger charge is -2.20. The number of carbonyl (C=O) groups is 1. The summed E-state index contributed by atoms with van der Waals surface area (Å²) in [5.74, 6) is 0.520. The summed E-state index contributed by atoms with van der Waals surface area (Å²) in [7, 11) is 0. The van der Waals surface area contributed by atoms with Gasteiger partial charge in [0.2, 0.25) is 0 Å². The third kappa shape index (κ3) is 4.78. The van der Waals surface area contributed by atoms with Crippen LogP contribution in [-0.4, -0.2) is 16.6 Å². The smallest absolute Gasteiger partial charge is 0.320 e. The maximum atomic E-state index is 11.5. The first kappa shape index (κ1) is 12.0. The van der Waals surface area contributed by atoms with E-state index in [0.29, 0.717) is 5.82 Å². The van der Waals surface area contributed by atoms with Crippen LogP contribution in [0.15, 0.2) is 22.8 Å². The molecule has 0 unspecified atom stereocenters. The van der Waals surface area contributed by atoms with Crippen LogP contribution in [0.4, 0.5) is 10.6 Å². The number of anilines is 1. The SMILES string of the molecule is CC(C)(C)NC(=O)Nc1cc(Br)ccn1. The third-order valence-electron chi connectivity index (χ3n) is 1.45. The van der Waals surface area contributed by atoms with Gasteiger partial charge in [-0.15, -0.1) is 0 Å². The molecule has 0 radical (unpaired) electrons. The minimum Gasteiger partial charge on any atom is -0.333 e. The number of rotatable bonds is 1. The van der Waals surface area contributed by atoms with Gasteiger partial charge in [-0.2, -0.15) is 0 Å². The molecule has 15 heavy (non-hydrogen) atoms. The van der Waals surface area contributed by atoms with E-state index >= 15 is 0 Å². The van der Waals surface area contributed by atoms with Crippen molar-refractivity contribution in [2.75, 3.05) is 5.32 Å². The number of aromatic nitrogens is 1. The number of hydrogen-bond acceptors (Lipinski definition) is 2. The van der Waals surface area contributed by atoms with Crippen LogP contribution in [-0.2, 0) is 0 Å². The van der Waals surface area contributed by atoms with E-state index in [0.717, 1.165) is 4.47 Å². The number of pyridine rings is 1. The molecular formula is C10H14BrN3O. The molecule has 0 aliphatic heterocycles. The number of hydrogen-bond donors (Lipinski definition) is 2. The van der Waals surface area contributed by atoms with E-state index in [1.165, 1.54) is 0 Å². The van der Waals surface area contributed by atoms with Crippen molar-refractivity contribution in [1.29, 1.82) is 0 Å². The quantitative estimate of drug-likeness (QED) is 0.825. The lowest BCUT2D eigenvalue weighted by molar-refractivity contribution is 0.243. The van der Waals surface area contributed by atoms with E-state index in [-0.39, 0.29) is 11.6 Å². The molecule has 5 heteroatoms. The fourth-order valence-electron chi connectivity index (χ4n) is 0.961. The molecule has 82 valence electrons. The van der Waals surface area contributed by atoms with Crippen LogP contribution in [0.25, 0.3) is 0 Å². The fourth-order valence-corrected chi connectivity index (χ4v) is 1.30. The van der Waals surface area contributed by atoms with Crippen molar-refractivity contribution < 1.29 is 4.79 Å². The van der Waals surface area contributed by atoms with Gasteiger partial charge in [-0.05, 0) is 32.9 Å². The summed E-state index contributed by atoms with van der Waals surface area (Å²) >= 11 is 3.30. The second-order valence-electron chi connectivity index (χ2n) is 4.19. The predicted molar refractivity (Wildman–Crippen MR) is 63.8 cm³/mol. The van der Waals surface area contributed by atoms with Crippen molar-refractivity contribution in [1.82, 2.24) is 10.3 Å². The van der Waals surface area contributed by atoms with Gasteiger partial charge >= 0.3 is 6.03 Å². The second kappa shape index (κ2) is 4.61. The van der Waals surface area contributed by atoms with Crippen LogP contribution in [0.3, 0.4) is 0 Å². The average Bonchev–Trinajstić information content (AvgIpc) is 1.99. The van der Waals surface area contributed by atoms with Gasteiger partial charge in [0.1, 0.15) is 5.82 Å². The van der Waals surface area contributed by atoms with E-state index in [2.05, 4.69) is 31.5 Å². The van der Waals surface area contributed by atoms with Crippen LogP contribution in [0, 0.1) is 0 Å². The Balaban J connectivity index is 2.59. The standard InChI is InChI=1S/C10H14BrN3O/c1-10(2,3)14-9(15)13-8-6-7(11)4-5-12-8/h4-6H,1-3H3,(H2,12,13,14,15). The summed E-state index contributed by atoms with van der Waals surface area (Å²) in [6.07, 6.45) is 1.62. The first-order valence-corrected chi connectivity index (χ1v) is 5.37. The summed E-state index contributed by atoms with van der Waals surface area (Å²) in [4.78, 5) is 15.5. The van der Waals surface area contributed by atoms with E-state index in [1.807, 2.05) is 20.8 Å². The van der Waals surface area contributed by atoms with Crippen LogP contribution < -0.4 is 10.6 Å². The molecule has 0 saturated carbocycles. The van der Waals surface area contributed by atoms with Gasteiger partial charge in [-0.3, -0.25) is 5.32 Å². The molecule has 0 bridgehead atoms. The zero-order valence-corrected chi connectivity index (χ0v) is 10.6. The molecule has 0 fully saturated rings. The van der Waals surface area contributed by atoms with E-state index in [1.54, 1.807) is 18.3 Å². The molecule has 2 amide bonds.